The van der Waals surface area contributed by atoms with Crippen LogP contribution in [0.15, 0.2) is 40.9 Å². The number of halogens is 1. The average molecular weight is 349 g/mol. The highest BCUT2D eigenvalue weighted by Gasteiger charge is 2.10. The summed E-state index contributed by atoms with van der Waals surface area (Å²) < 4.78 is 6.20. The predicted octanol–water partition coefficient (Wildman–Crippen LogP) is 3.99. The second-order valence-electron chi connectivity index (χ2n) is 4.64. The lowest BCUT2D eigenvalue weighted by Gasteiger charge is -2.11. The van der Waals surface area contributed by atoms with E-state index in [1.54, 1.807) is 18.2 Å². The van der Waals surface area contributed by atoms with Crippen LogP contribution in [0.4, 0.5) is 11.4 Å². The van der Waals surface area contributed by atoms with Gasteiger partial charge in [0.05, 0.1) is 6.61 Å². The molecule has 2 aromatic rings. The molecule has 3 N–H and O–H groups in total. The van der Waals surface area contributed by atoms with E-state index < -0.39 is 0 Å². The van der Waals surface area contributed by atoms with E-state index in [1.807, 2.05) is 32.0 Å². The molecule has 0 atom stereocenters. The van der Waals surface area contributed by atoms with Gasteiger partial charge in [0, 0.05) is 21.4 Å². The number of ether oxygens (including phenoxy) is 1. The zero-order chi connectivity index (χ0) is 15.4. The first kappa shape index (κ1) is 15.4. The first-order chi connectivity index (χ1) is 9.99. The number of amides is 1. The van der Waals surface area contributed by atoms with Crippen LogP contribution >= 0.6 is 15.9 Å². The van der Waals surface area contributed by atoms with Crippen LogP contribution in [0.3, 0.4) is 0 Å². The lowest BCUT2D eigenvalue weighted by Crippen LogP contribution is -2.13. The molecule has 110 valence electrons. The lowest BCUT2D eigenvalue weighted by molar-refractivity contribution is 0.102. The second-order valence-corrected chi connectivity index (χ2v) is 5.55. The highest BCUT2D eigenvalue weighted by Crippen LogP contribution is 2.23. The third-order valence-corrected chi connectivity index (χ3v) is 3.40. The fourth-order valence-electron chi connectivity index (χ4n) is 1.97. The lowest BCUT2D eigenvalue weighted by atomic mass is 10.1. The summed E-state index contributed by atoms with van der Waals surface area (Å²) in [5.74, 6) is 0.593. The highest BCUT2D eigenvalue weighted by atomic mass is 79.9. The summed E-state index contributed by atoms with van der Waals surface area (Å²) in [7, 11) is 0. The fraction of sp³-hybridized carbons (Fsp3) is 0.188. The van der Waals surface area contributed by atoms with Crippen LogP contribution in [0.1, 0.15) is 22.8 Å². The minimum Gasteiger partial charge on any atom is -0.494 e. The monoisotopic (exact) mass is 348 g/mol. The molecule has 0 heterocycles. The van der Waals surface area contributed by atoms with Crippen LogP contribution in [-0.4, -0.2) is 12.5 Å². The van der Waals surface area contributed by atoms with Gasteiger partial charge in [0.2, 0.25) is 0 Å². The minimum atomic E-state index is -0.199. The van der Waals surface area contributed by atoms with Crippen LogP contribution in [0.5, 0.6) is 5.75 Å². The summed E-state index contributed by atoms with van der Waals surface area (Å²) in [5, 5.41) is 2.88. The van der Waals surface area contributed by atoms with E-state index >= 15 is 0 Å². The molecule has 21 heavy (non-hydrogen) atoms. The van der Waals surface area contributed by atoms with Gasteiger partial charge in [-0.05, 0) is 55.8 Å². The van der Waals surface area contributed by atoms with Gasteiger partial charge in [-0.15, -0.1) is 0 Å². The largest absolute Gasteiger partial charge is 0.494 e. The first-order valence-electron chi connectivity index (χ1n) is 6.60. The predicted molar refractivity (Wildman–Crippen MR) is 88.9 cm³/mol. The second kappa shape index (κ2) is 6.63. The molecule has 1 amide bonds. The van der Waals surface area contributed by atoms with Gasteiger partial charge < -0.3 is 15.8 Å². The maximum atomic E-state index is 12.3. The Morgan fingerprint density at radius 1 is 1.29 bits per heavy atom. The molecular formula is C16H17BrN2O2. The molecule has 0 saturated carbocycles. The molecule has 0 bridgehead atoms. The van der Waals surface area contributed by atoms with Gasteiger partial charge in [0.1, 0.15) is 5.75 Å². The molecule has 0 radical (unpaired) electrons. The van der Waals surface area contributed by atoms with Gasteiger partial charge in [-0.3, -0.25) is 4.79 Å². The SMILES string of the molecule is CCOc1ccc(NC(=O)c2cc(N)cc(Br)c2)c(C)c1. The number of hydrogen-bond donors (Lipinski definition) is 2. The van der Waals surface area contributed by atoms with Crippen molar-refractivity contribution in [1.82, 2.24) is 0 Å². The molecule has 4 nitrogen and oxygen atoms in total. The van der Waals surface area contributed by atoms with Crippen LogP contribution in [0, 0.1) is 6.92 Å². The van der Waals surface area contributed by atoms with Crippen molar-refractivity contribution in [1.29, 1.82) is 0 Å². The molecule has 0 unspecified atom stereocenters. The van der Waals surface area contributed by atoms with Crippen LogP contribution in [0.25, 0.3) is 0 Å². The van der Waals surface area contributed by atoms with Crippen molar-refractivity contribution in [2.24, 2.45) is 0 Å². The Morgan fingerprint density at radius 2 is 2.05 bits per heavy atom. The first-order valence-corrected chi connectivity index (χ1v) is 7.39. The van der Waals surface area contributed by atoms with Crippen LogP contribution < -0.4 is 15.8 Å². The summed E-state index contributed by atoms with van der Waals surface area (Å²) in [6, 6.07) is 10.7. The number of carbonyl (C=O) groups excluding carboxylic acids is 1. The molecule has 0 spiro atoms. The Balaban J connectivity index is 2.19. The van der Waals surface area contributed by atoms with Gasteiger partial charge in [0.15, 0.2) is 0 Å². The number of anilines is 2. The molecule has 5 heteroatoms. The van der Waals surface area contributed by atoms with Crippen molar-refractivity contribution in [2.45, 2.75) is 13.8 Å². The number of hydrogen-bond acceptors (Lipinski definition) is 3. The summed E-state index contributed by atoms with van der Waals surface area (Å²) in [6.45, 7) is 4.47. The van der Waals surface area contributed by atoms with E-state index in [4.69, 9.17) is 10.5 Å². The van der Waals surface area contributed by atoms with Crippen LogP contribution in [0.2, 0.25) is 0 Å². The molecule has 2 rings (SSSR count). The van der Waals surface area contributed by atoms with E-state index in [1.165, 1.54) is 0 Å². The molecule has 0 aliphatic heterocycles. The van der Waals surface area contributed by atoms with E-state index in [-0.39, 0.29) is 5.91 Å². The standard InChI is InChI=1S/C16H17BrN2O2/c1-3-21-14-4-5-15(10(2)6-14)19-16(20)11-7-12(17)9-13(18)8-11/h4-9H,3,18H2,1-2H3,(H,19,20). The Labute approximate surface area is 132 Å². The zero-order valence-electron chi connectivity index (χ0n) is 11.9. The molecule has 0 aromatic heterocycles. The van der Waals surface area contributed by atoms with E-state index in [0.717, 1.165) is 21.5 Å². The fourth-order valence-corrected chi connectivity index (χ4v) is 2.48. The topological polar surface area (TPSA) is 64.3 Å². The number of nitrogens with one attached hydrogen (secondary N) is 1. The van der Waals surface area contributed by atoms with Crippen molar-refractivity contribution in [3.05, 3.63) is 52.0 Å². The van der Waals surface area contributed by atoms with Crippen molar-refractivity contribution in [3.63, 3.8) is 0 Å². The number of nitrogens with two attached hydrogens (primary N) is 1. The third kappa shape index (κ3) is 3.98. The normalized spacial score (nSPS) is 10.2. The van der Waals surface area contributed by atoms with E-state index in [0.29, 0.717) is 17.9 Å². The highest BCUT2D eigenvalue weighted by molar-refractivity contribution is 9.10. The number of carbonyl (C=O) groups is 1. The maximum Gasteiger partial charge on any atom is 0.255 e. The van der Waals surface area contributed by atoms with Crippen molar-refractivity contribution >= 4 is 33.2 Å². The van der Waals surface area contributed by atoms with Gasteiger partial charge in [0.25, 0.3) is 5.91 Å². The van der Waals surface area contributed by atoms with Crippen LogP contribution in [-0.2, 0) is 0 Å². The quantitative estimate of drug-likeness (QED) is 0.821. The Bertz CT molecular complexity index is 651. The average Bonchev–Trinajstić information content (AvgIpc) is 2.41. The number of aryl methyl sites for hydroxylation is 1. The van der Waals surface area contributed by atoms with Gasteiger partial charge >= 0.3 is 0 Å². The molecule has 0 fully saturated rings. The number of nitrogen functional groups attached to an aromatic ring is 1. The van der Waals surface area contributed by atoms with Gasteiger partial charge in [-0.25, -0.2) is 0 Å². The summed E-state index contributed by atoms with van der Waals surface area (Å²) in [5.41, 5.74) is 8.49. The maximum absolute atomic E-state index is 12.3. The molecular weight excluding hydrogens is 332 g/mol. The molecule has 0 aliphatic rings. The van der Waals surface area contributed by atoms with E-state index in [9.17, 15) is 4.79 Å². The van der Waals surface area contributed by atoms with Crippen molar-refractivity contribution < 1.29 is 9.53 Å². The summed E-state index contributed by atoms with van der Waals surface area (Å²) in [6.07, 6.45) is 0. The minimum absolute atomic E-state index is 0.199. The van der Waals surface area contributed by atoms with Gasteiger partial charge in [-0.2, -0.15) is 0 Å². The number of benzene rings is 2. The summed E-state index contributed by atoms with van der Waals surface area (Å²) >= 11 is 3.33. The van der Waals surface area contributed by atoms with E-state index in [2.05, 4.69) is 21.2 Å². The molecule has 0 aliphatic carbocycles. The third-order valence-electron chi connectivity index (χ3n) is 2.94. The Kier molecular flexibility index (Phi) is 4.85. The van der Waals surface area contributed by atoms with Crippen molar-refractivity contribution in [3.8, 4) is 5.75 Å². The zero-order valence-corrected chi connectivity index (χ0v) is 13.5. The summed E-state index contributed by atoms with van der Waals surface area (Å²) in [4.78, 5) is 12.3. The smallest absolute Gasteiger partial charge is 0.255 e. The van der Waals surface area contributed by atoms with Gasteiger partial charge in [-0.1, -0.05) is 15.9 Å². The van der Waals surface area contributed by atoms with Crippen molar-refractivity contribution in [2.75, 3.05) is 17.7 Å². The molecule has 0 saturated heterocycles. The Morgan fingerprint density at radius 3 is 2.67 bits per heavy atom. The molecule has 2 aromatic carbocycles. The number of rotatable bonds is 4. The Hall–Kier alpha value is -2.01.